The minimum Gasteiger partial charge on any atom is -0.353 e. The molecule has 146 valence electrons. The molecular weight excluding hydrogens is 358 g/mol. The molecule has 5 rings (SSSR count). The third-order valence-electron chi connectivity index (χ3n) is 5.64. The summed E-state index contributed by atoms with van der Waals surface area (Å²) in [5.74, 6) is 0.997. The second kappa shape index (κ2) is 6.88. The van der Waals surface area contributed by atoms with Crippen molar-refractivity contribution in [2.45, 2.75) is 18.5 Å². The fourth-order valence-electron chi connectivity index (χ4n) is 4.10. The number of amides is 1. The van der Waals surface area contributed by atoms with E-state index >= 15 is 0 Å². The van der Waals surface area contributed by atoms with E-state index in [0.717, 1.165) is 30.8 Å². The Morgan fingerprint density at radius 2 is 2.00 bits per heavy atom. The number of nitrogens with zero attached hydrogens (tertiary/aromatic N) is 6. The topological polar surface area (TPSA) is 107 Å². The first-order valence-corrected chi connectivity index (χ1v) is 9.51. The van der Waals surface area contributed by atoms with Crippen LogP contribution in [0.15, 0.2) is 31.0 Å². The fourth-order valence-corrected chi connectivity index (χ4v) is 4.10. The van der Waals surface area contributed by atoms with Gasteiger partial charge >= 0.3 is 0 Å². The number of carbonyl (C=O) groups excluding carboxylic acids is 1. The molecule has 28 heavy (non-hydrogen) atoms. The van der Waals surface area contributed by atoms with E-state index in [9.17, 15) is 4.79 Å². The van der Waals surface area contributed by atoms with Gasteiger partial charge < -0.3 is 19.4 Å². The Bertz CT molecular complexity index is 988. The number of aryl methyl sites for hydroxylation is 1. The van der Waals surface area contributed by atoms with Gasteiger partial charge in [0.05, 0.1) is 12.4 Å². The average molecular weight is 381 g/mol. The summed E-state index contributed by atoms with van der Waals surface area (Å²) < 4.78 is 2.09. The molecule has 2 aliphatic rings. The second-order valence-corrected chi connectivity index (χ2v) is 7.28. The van der Waals surface area contributed by atoms with Crippen molar-refractivity contribution >= 4 is 22.9 Å². The van der Waals surface area contributed by atoms with Gasteiger partial charge in [-0.3, -0.25) is 4.79 Å². The number of rotatable bonds is 3. The predicted octanol–water partition coefficient (Wildman–Crippen LogP) is -0.0522. The lowest BCUT2D eigenvalue weighted by molar-refractivity contribution is -0.133. The summed E-state index contributed by atoms with van der Waals surface area (Å²) in [6.07, 6.45) is 5.94. The molecule has 2 atom stereocenters. The van der Waals surface area contributed by atoms with Gasteiger partial charge in [-0.25, -0.2) is 25.8 Å². The van der Waals surface area contributed by atoms with E-state index in [-0.39, 0.29) is 18.0 Å². The summed E-state index contributed by atoms with van der Waals surface area (Å²) in [4.78, 5) is 33.0. The van der Waals surface area contributed by atoms with E-state index in [1.807, 2.05) is 24.2 Å². The minimum absolute atomic E-state index is 0.143. The van der Waals surface area contributed by atoms with Crippen molar-refractivity contribution in [3.63, 3.8) is 0 Å². The van der Waals surface area contributed by atoms with Gasteiger partial charge in [0, 0.05) is 45.1 Å². The molecule has 0 aromatic carbocycles. The van der Waals surface area contributed by atoms with Crippen LogP contribution in [0.4, 0.5) is 5.82 Å². The highest BCUT2D eigenvalue weighted by atomic mass is 16.2. The zero-order valence-electron chi connectivity index (χ0n) is 15.7. The molecule has 3 aromatic heterocycles. The number of nitrogens with one attached hydrogen (secondary N) is 3. The largest absolute Gasteiger partial charge is 0.353 e. The molecule has 1 amide bonds. The highest BCUT2D eigenvalue weighted by Gasteiger charge is 2.35. The highest BCUT2D eigenvalue weighted by molar-refractivity contribution is 5.84. The molecule has 2 fully saturated rings. The van der Waals surface area contributed by atoms with E-state index in [1.54, 1.807) is 6.33 Å². The first-order chi connectivity index (χ1) is 13.7. The molecule has 0 aliphatic carbocycles. The molecular formula is C18H23N9O. The van der Waals surface area contributed by atoms with E-state index in [4.69, 9.17) is 0 Å². The van der Waals surface area contributed by atoms with Crippen LogP contribution in [0.25, 0.3) is 11.2 Å². The molecule has 2 saturated heterocycles. The van der Waals surface area contributed by atoms with Gasteiger partial charge in [-0.2, -0.15) is 0 Å². The number of hydrogen-bond acceptors (Lipinski definition) is 7. The molecule has 3 aromatic rings. The van der Waals surface area contributed by atoms with Gasteiger partial charge in [0.25, 0.3) is 0 Å². The molecule has 2 unspecified atom stereocenters. The summed E-state index contributed by atoms with van der Waals surface area (Å²) in [6.45, 7) is 2.81. The van der Waals surface area contributed by atoms with Gasteiger partial charge in [0.2, 0.25) is 5.91 Å². The monoisotopic (exact) mass is 381 g/mol. The number of imidazole rings is 1. The maximum Gasteiger partial charge on any atom is 0.241 e. The number of fused-ring (bicyclic) bond motifs is 1. The van der Waals surface area contributed by atoms with Crippen LogP contribution in [0.1, 0.15) is 18.2 Å². The summed E-state index contributed by atoms with van der Waals surface area (Å²) in [6, 6.07) is 4.05. The number of hydrazine groups is 1. The van der Waals surface area contributed by atoms with E-state index in [2.05, 4.69) is 46.3 Å². The van der Waals surface area contributed by atoms with Crippen LogP contribution in [-0.4, -0.2) is 67.5 Å². The van der Waals surface area contributed by atoms with Crippen molar-refractivity contribution in [1.29, 1.82) is 0 Å². The maximum atomic E-state index is 13.0. The quantitative estimate of drug-likeness (QED) is 0.584. The lowest BCUT2D eigenvalue weighted by Crippen LogP contribution is -2.53. The van der Waals surface area contributed by atoms with Crippen LogP contribution in [0, 0.1) is 0 Å². The van der Waals surface area contributed by atoms with E-state index in [1.165, 1.54) is 12.0 Å². The Morgan fingerprint density at radius 3 is 2.79 bits per heavy atom. The molecule has 10 nitrogen and oxygen atoms in total. The first kappa shape index (κ1) is 17.1. The second-order valence-electron chi connectivity index (χ2n) is 7.28. The van der Waals surface area contributed by atoms with Crippen molar-refractivity contribution in [2.75, 3.05) is 31.1 Å². The smallest absolute Gasteiger partial charge is 0.241 e. The van der Waals surface area contributed by atoms with E-state index < -0.39 is 0 Å². The number of hydrogen-bond donors (Lipinski definition) is 3. The highest BCUT2D eigenvalue weighted by Crippen LogP contribution is 2.24. The molecule has 0 spiro atoms. The van der Waals surface area contributed by atoms with E-state index in [0.29, 0.717) is 18.7 Å². The zero-order valence-corrected chi connectivity index (χ0v) is 15.7. The molecule has 0 bridgehead atoms. The molecule has 3 N–H and O–H groups in total. The molecule has 0 radical (unpaired) electrons. The maximum absolute atomic E-state index is 13.0. The van der Waals surface area contributed by atoms with Crippen LogP contribution >= 0.6 is 0 Å². The van der Waals surface area contributed by atoms with Crippen molar-refractivity contribution in [1.82, 2.24) is 40.3 Å². The zero-order chi connectivity index (χ0) is 19.1. The van der Waals surface area contributed by atoms with Crippen LogP contribution in [0.3, 0.4) is 0 Å². The third kappa shape index (κ3) is 2.90. The SMILES string of the molecule is Cn1cccc1C1CC(C(=O)N2CCN(c3ncnc4nc[nH]c34)CC2)NN1. The molecule has 0 saturated carbocycles. The van der Waals surface area contributed by atoms with Crippen LogP contribution in [-0.2, 0) is 11.8 Å². The van der Waals surface area contributed by atoms with Gasteiger partial charge in [-0.05, 0) is 18.6 Å². The minimum atomic E-state index is -0.204. The lowest BCUT2D eigenvalue weighted by Gasteiger charge is -2.36. The van der Waals surface area contributed by atoms with Gasteiger partial charge in [0.15, 0.2) is 11.5 Å². The molecule has 10 heteroatoms. The van der Waals surface area contributed by atoms with Gasteiger partial charge in [-0.15, -0.1) is 0 Å². The Kier molecular flexibility index (Phi) is 4.21. The number of anilines is 1. The number of aromatic amines is 1. The fraction of sp³-hybridized carbons (Fsp3) is 0.444. The van der Waals surface area contributed by atoms with Crippen molar-refractivity contribution in [2.24, 2.45) is 7.05 Å². The lowest BCUT2D eigenvalue weighted by atomic mass is 10.1. The summed E-state index contributed by atoms with van der Waals surface area (Å²) in [7, 11) is 2.02. The Morgan fingerprint density at radius 1 is 1.14 bits per heavy atom. The first-order valence-electron chi connectivity index (χ1n) is 9.51. The van der Waals surface area contributed by atoms with Crippen molar-refractivity contribution < 1.29 is 4.79 Å². The number of H-pyrrole nitrogens is 1. The summed E-state index contributed by atoms with van der Waals surface area (Å²) in [5, 5.41) is 0. The summed E-state index contributed by atoms with van der Waals surface area (Å²) >= 11 is 0. The average Bonchev–Trinajstić information content (AvgIpc) is 3.47. The Balaban J connectivity index is 1.22. The third-order valence-corrected chi connectivity index (χ3v) is 5.64. The van der Waals surface area contributed by atoms with Crippen LogP contribution < -0.4 is 15.8 Å². The van der Waals surface area contributed by atoms with Crippen molar-refractivity contribution in [3.8, 4) is 0 Å². The van der Waals surface area contributed by atoms with Gasteiger partial charge in [0.1, 0.15) is 17.9 Å². The predicted molar refractivity (Wildman–Crippen MR) is 103 cm³/mol. The number of aromatic nitrogens is 5. The normalized spacial score (nSPS) is 22.9. The van der Waals surface area contributed by atoms with Gasteiger partial charge in [-0.1, -0.05) is 0 Å². The Hall–Kier alpha value is -2.98. The molecule has 5 heterocycles. The van der Waals surface area contributed by atoms with Crippen LogP contribution in [0.2, 0.25) is 0 Å². The standard InChI is InChI=1S/C18H23N9O/c1-25-4-2-3-14(25)12-9-13(24-23-12)18(28)27-7-5-26(6-8-27)17-15-16(20-10-19-15)21-11-22-17/h2-4,10-13,23-24H,5-9H2,1H3,(H,19,20,21,22). The molecule has 2 aliphatic heterocycles. The number of piperazine rings is 1. The summed E-state index contributed by atoms with van der Waals surface area (Å²) in [5.41, 5.74) is 9.13. The Labute approximate surface area is 161 Å². The van der Waals surface area contributed by atoms with Crippen LogP contribution in [0.5, 0.6) is 0 Å². The van der Waals surface area contributed by atoms with Crippen molar-refractivity contribution in [3.05, 3.63) is 36.7 Å². The number of carbonyl (C=O) groups is 1.